The number of anilines is 1. The van der Waals surface area contributed by atoms with Gasteiger partial charge in [0.05, 0.1) is 11.0 Å². The highest BCUT2D eigenvalue weighted by Gasteiger charge is 2.24. The fraction of sp³-hybridized carbons (Fsp3) is 0.286. The molecule has 1 aliphatic rings. The van der Waals surface area contributed by atoms with Gasteiger partial charge in [-0.15, -0.1) is 11.3 Å². The van der Waals surface area contributed by atoms with Crippen molar-refractivity contribution >= 4 is 38.6 Å². The number of thiophene rings is 1. The number of fused-ring (bicyclic) bond motifs is 1. The van der Waals surface area contributed by atoms with E-state index in [0.29, 0.717) is 5.69 Å². The van der Waals surface area contributed by atoms with Crippen molar-refractivity contribution in [2.24, 2.45) is 0 Å². The molecule has 1 aromatic carbocycles. The summed E-state index contributed by atoms with van der Waals surface area (Å²) < 4.78 is 0.840. The first-order chi connectivity index (χ1) is 9.65. The zero-order chi connectivity index (χ0) is 14.1. The quantitative estimate of drug-likeness (QED) is 0.630. The number of halogens is 1. The average molecular weight is 353 g/mol. The number of hydrogen-bond donors (Lipinski definition) is 1. The van der Waals surface area contributed by atoms with Crippen LogP contribution in [-0.4, -0.2) is 4.92 Å². The molecule has 1 aliphatic carbocycles. The Balaban J connectivity index is 1.93. The van der Waals surface area contributed by atoms with Crippen LogP contribution in [0.2, 0.25) is 0 Å². The molecule has 0 radical (unpaired) electrons. The molecule has 1 N–H and O–H groups in total. The summed E-state index contributed by atoms with van der Waals surface area (Å²) >= 11 is 5.14. The van der Waals surface area contributed by atoms with E-state index in [9.17, 15) is 10.1 Å². The van der Waals surface area contributed by atoms with Crippen LogP contribution in [-0.2, 0) is 6.42 Å². The molecule has 4 nitrogen and oxygen atoms in total. The third-order valence-electron chi connectivity index (χ3n) is 3.54. The Morgan fingerprint density at radius 1 is 1.40 bits per heavy atom. The van der Waals surface area contributed by atoms with Crippen molar-refractivity contribution in [2.45, 2.75) is 25.3 Å². The molecule has 2 aromatic rings. The normalized spacial score (nSPS) is 17.6. The van der Waals surface area contributed by atoms with Crippen molar-refractivity contribution in [3.63, 3.8) is 0 Å². The van der Waals surface area contributed by atoms with Crippen LogP contribution < -0.4 is 5.32 Å². The molecule has 1 heterocycles. The Kier molecular flexibility index (Phi) is 3.76. The smallest absolute Gasteiger partial charge is 0.292 e. The predicted molar refractivity (Wildman–Crippen MR) is 84.4 cm³/mol. The van der Waals surface area contributed by atoms with Crippen LogP contribution in [0.15, 0.2) is 34.1 Å². The number of nitrogens with zero attached hydrogens (tertiary/aromatic N) is 1. The summed E-state index contributed by atoms with van der Waals surface area (Å²) in [4.78, 5) is 12.2. The number of nitro groups is 1. The lowest BCUT2D eigenvalue weighted by Gasteiger charge is -2.24. The van der Waals surface area contributed by atoms with Crippen molar-refractivity contribution in [1.82, 2.24) is 0 Å². The number of rotatable bonds is 3. The van der Waals surface area contributed by atoms with Crippen LogP contribution in [0.25, 0.3) is 0 Å². The summed E-state index contributed by atoms with van der Waals surface area (Å²) in [7, 11) is 0. The molecule has 1 aromatic heterocycles. The van der Waals surface area contributed by atoms with E-state index in [-0.39, 0.29) is 16.7 Å². The Labute approximate surface area is 129 Å². The number of hydrogen-bond acceptors (Lipinski definition) is 4. The van der Waals surface area contributed by atoms with E-state index in [2.05, 4.69) is 32.7 Å². The molecule has 0 saturated carbocycles. The lowest BCUT2D eigenvalue weighted by atomic mass is 9.94. The molecular formula is C14H13BrN2O2S. The summed E-state index contributed by atoms with van der Waals surface area (Å²) in [6.07, 6.45) is 3.24. The SMILES string of the molecule is O=[N+]([O-])c1ccc(Br)cc1NC1CCCc2sccc21. The fourth-order valence-corrected chi connectivity index (χ4v) is 3.96. The van der Waals surface area contributed by atoms with Gasteiger partial charge in [0.1, 0.15) is 5.69 Å². The third kappa shape index (κ3) is 2.58. The average Bonchev–Trinajstić information content (AvgIpc) is 2.88. The van der Waals surface area contributed by atoms with E-state index in [1.807, 2.05) is 0 Å². The summed E-state index contributed by atoms with van der Waals surface area (Å²) in [6.45, 7) is 0. The van der Waals surface area contributed by atoms with Crippen molar-refractivity contribution in [1.29, 1.82) is 0 Å². The van der Waals surface area contributed by atoms with Gasteiger partial charge >= 0.3 is 0 Å². The lowest BCUT2D eigenvalue weighted by molar-refractivity contribution is -0.384. The van der Waals surface area contributed by atoms with E-state index in [0.717, 1.165) is 23.7 Å². The van der Waals surface area contributed by atoms with E-state index in [1.54, 1.807) is 23.5 Å². The molecule has 1 unspecified atom stereocenters. The van der Waals surface area contributed by atoms with Crippen molar-refractivity contribution in [3.05, 3.63) is 54.7 Å². The zero-order valence-electron chi connectivity index (χ0n) is 10.6. The van der Waals surface area contributed by atoms with E-state index in [4.69, 9.17) is 0 Å². The second-order valence-electron chi connectivity index (χ2n) is 4.81. The predicted octanol–water partition coefficient (Wildman–Crippen LogP) is 4.91. The molecule has 6 heteroatoms. The Morgan fingerprint density at radius 3 is 3.05 bits per heavy atom. The first-order valence-corrected chi connectivity index (χ1v) is 8.09. The van der Waals surface area contributed by atoms with Gasteiger partial charge in [0.15, 0.2) is 0 Å². The monoisotopic (exact) mass is 352 g/mol. The van der Waals surface area contributed by atoms with Crippen molar-refractivity contribution < 1.29 is 4.92 Å². The van der Waals surface area contributed by atoms with E-state index < -0.39 is 0 Å². The summed E-state index contributed by atoms with van der Waals surface area (Å²) in [5.74, 6) is 0. The molecular weight excluding hydrogens is 340 g/mol. The molecule has 0 spiro atoms. The largest absolute Gasteiger partial charge is 0.373 e. The van der Waals surface area contributed by atoms with Crippen LogP contribution in [0.1, 0.15) is 29.3 Å². The maximum Gasteiger partial charge on any atom is 0.292 e. The maximum absolute atomic E-state index is 11.1. The standard InChI is InChI=1S/C14H13BrN2O2S/c15-9-4-5-13(17(18)19)12(8-9)16-11-2-1-3-14-10(11)6-7-20-14/h4-8,11,16H,1-3H2. The van der Waals surface area contributed by atoms with Crippen LogP contribution >= 0.6 is 27.3 Å². The van der Waals surface area contributed by atoms with Crippen molar-refractivity contribution in [2.75, 3.05) is 5.32 Å². The van der Waals surface area contributed by atoms with Crippen LogP contribution in [0.3, 0.4) is 0 Å². The van der Waals surface area contributed by atoms with E-state index >= 15 is 0 Å². The molecule has 1 atom stereocenters. The highest BCUT2D eigenvalue weighted by atomic mass is 79.9. The minimum Gasteiger partial charge on any atom is -0.373 e. The Morgan fingerprint density at radius 2 is 2.25 bits per heavy atom. The minimum absolute atomic E-state index is 0.121. The maximum atomic E-state index is 11.1. The molecule has 0 saturated heterocycles. The fourth-order valence-electron chi connectivity index (χ4n) is 2.61. The Bertz CT molecular complexity index is 656. The van der Waals surface area contributed by atoms with Crippen LogP contribution in [0, 0.1) is 10.1 Å². The van der Waals surface area contributed by atoms with Gasteiger partial charge in [0, 0.05) is 15.4 Å². The van der Waals surface area contributed by atoms with Crippen molar-refractivity contribution in [3.8, 4) is 0 Å². The summed E-state index contributed by atoms with van der Waals surface area (Å²) in [5.41, 5.74) is 1.99. The van der Waals surface area contributed by atoms with Gasteiger partial charge in [-0.3, -0.25) is 10.1 Å². The lowest BCUT2D eigenvalue weighted by Crippen LogP contribution is -2.16. The molecule has 3 rings (SSSR count). The second-order valence-corrected chi connectivity index (χ2v) is 6.72. The van der Waals surface area contributed by atoms with Gasteiger partial charge in [-0.1, -0.05) is 15.9 Å². The van der Waals surface area contributed by atoms with Crippen LogP contribution in [0.4, 0.5) is 11.4 Å². The number of aryl methyl sites for hydroxylation is 1. The topological polar surface area (TPSA) is 55.2 Å². The zero-order valence-corrected chi connectivity index (χ0v) is 13.0. The van der Waals surface area contributed by atoms with Gasteiger partial charge in [0.25, 0.3) is 5.69 Å². The van der Waals surface area contributed by atoms with E-state index in [1.165, 1.54) is 16.5 Å². The molecule has 20 heavy (non-hydrogen) atoms. The summed E-state index contributed by atoms with van der Waals surface area (Å²) in [6, 6.07) is 7.29. The first-order valence-electron chi connectivity index (χ1n) is 6.42. The molecule has 0 aliphatic heterocycles. The number of benzene rings is 1. The number of nitro benzene ring substituents is 1. The highest BCUT2D eigenvalue weighted by molar-refractivity contribution is 9.10. The Hall–Kier alpha value is -1.40. The molecule has 104 valence electrons. The number of nitrogens with one attached hydrogen (secondary N) is 1. The summed E-state index contributed by atoms with van der Waals surface area (Å²) in [5, 5.41) is 16.6. The second kappa shape index (κ2) is 5.54. The molecule has 0 bridgehead atoms. The van der Waals surface area contributed by atoms with Gasteiger partial charge in [-0.2, -0.15) is 0 Å². The first kappa shape index (κ1) is 13.6. The molecule has 0 fully saturated rings. The van der Waals surface area contributed by atoms with Gasteiger partial charge in [-0.05, 0) is 48.4 Å². The van der Waals surface area contributed by atoms with Gasteiger partial charge in [0.2, 0.25) is 0 Å². The van der Waals surface area contributed by atoms with Gasteiger partial charge < -0.3 is 5.32 Å². The third-order valence-corrected chi connectivity index (χ3v) is 5.03. The van der Waals surface area contributed by atoms with Gasteiger partial charge in [-0.25, -0.2) is 0 Å². The van der Waals surface area contributed by atoms with Crippen LogP contribution in [0.5, 0.6) is 0 Å². The molecule has 0 amide bonds. The minimum atomic E-state index is -0.341. The highest BCUT2D eigenvalue weighted by Crippen LogP contribution is 2.38.